The van der Waals surface area contributed by atoms with Crippen LogP contribution < -0.4 is 16.8 Å². The maximum absolute atomic E-state index is 10.9. The van der Waals surface area contributed by atoms with Gasteiger partial charge in [0, 0.05) is 6.42 Å². The Labute approximate surface area is 80.5 Å². The van der Waals surface area contributed by atoms with Crippen molar-refractivity contribution in [3.63, 3.8) is 0 Å². The summed E-state index contributed by atoms with van der Waals surface area (Å²) < 4.78 is 10.3. The number of nitrogens with one attached hydrogen (secondary N) is 1. The van der Waals surface area contributed by atoms with E-state index in [0.29, 0.717) is 0 Å². The summed E-state index contributed by atoms with van der Waals surface area (Å²) >= 11 is 0. The molecule has 14 heavy (non-hydrogen) atoms. The van der Waals surface area contributed by atoms with E-state index in [4.69, 9.17) is 21.3 Å². The normalized spacial score (nSPS) is 10.7. The molecular formula is C5H13N4O4P. The fraction of sp³-hybridized carbons (Fsp3) is 0.600. The predicted octanol–water partition coefficient (Wildman–Crippen LogP) is -2.10. The highest BCUT2D eigenvalue weighted by Gasteiger charge is 2.13. The minimum absolute atomic E-state index is 0.0160. The molecule has 0 aromatic rings. The number of hydrogen-bond acceptors (Lipinski definition) is 3. The molecule has 0 aromatic heterocycles. The Morgan fingerprint density at radius 2 is 2.00 bits per heavy atom. The van der Waals surface area contributed by atoms with Gasteiger partial charge in [-0.05, 0) is 0 Å². The average molecular weight is 224 g/mol. The molecule has 9 heteroatoms. The number of carbonyl (C=O) groups is 1. The predicted molar refractivity (Wildman–Crippen MR) is 50.3 cm³/mol. The largest absolute Gasteiger partial charge is 0.370 e. The summed E-state index contributed by atoms with van der Waals surface area (Å²) in [6.07, 6.45) is -0.689. The molecule has 0 heterocycles. The van der Waals surface area contributed by atoms with Gasteiger partial charge in [0.2, 0.25) is 5.91 Å². The van der Waals surface area contributed by atoms with Crippen LogP contribution in [-0.4, -0.2) is 34.5 Å². The summed E-state index contributed by atoms with van der Waals surface area (Å²) in [5.41, 5.74) is 9.99. The molecule has 0 aliphatic rings. The lowest BCUT2D eigenvalue weighted by Crippen LogP contribution is -2.26. The van der Waals surface area contributed by atoms with Crippen molar-refractivity contribution in [1.82, 2.24) is 5.32 Å². The van der Waals surface area contributed by atoms with Crippen LogP contribution >= 0.6 is 7.60 Å². The zero-order chi connectivity index (χ0) is 11.2. The summed E-state index contributed by atoms with van der Waals surface area (Å²) in [5.74, 6) is -0.647. The van der Waals surface area contributed by atoms with Gasteiger partial charge >= 0.3 is 7.60 Å². The Kier molecular flexibility index (Phi) is 5.14. The number of carbonyl (C=O) groups excluding carboxylic acids is 1. The molecule has 0 unspecified atom stereocenters. The van der Waals surface area contributed by atoms with E-state index in [1.54, 1.807) is 0 Å². The molecule has 82 valence electrons. The maximum Gasteiger partial charge on any atom is 0.344 e. The number of nitrogens with zero attached hydrogens (tertiary/aromatic N) is 1. The van der Waals surface area contributed by atoms with E-state index in [2.05, 4.69) is 4.99 Å². The second-order valence-corrected chi connectivity index (χ2v) is 4.12. The van der Waals surface area contributed by atoms with Gasteiger partial charge in [-0.3, -0.25) is 14.4 Å². The van der Waals surface area contributed by atoms with Crippen LogP contribution in [0.2, 0.25) is 0 Å². The van der Waals surface area contributed by atoms with Gasteiger partial charge < -0.3 is 26.6 Å². The molecule has 0 saturated heterocycles. The first kappa shape index (κ1) is 12.9. The van der Waals surface area contributed by atoms with Crippen LogP contribution in [0.25, 0.3) is 0 Å². The fourth-order valence-electron chi connectivity index (χ4n) is 0.566. The van der Waals surface area contributed by atoms with Gasteiger partial charge in [-0.1, -0.05) is 0 Å². The molecule has 0 fully saturated rings. The summed E-state index contributed by atoms with van der Waals surface area (Å²) in [5, 5.41) is 2.04. The topological polar surface area (TPSA) is 151 Å². The van der Waals surface area contributed by atoms with Crippen LogP contribution in [0.5, 0.6) is 0 Å². The quantitative estimate of drug-likeness (QED) is 0.205. The molecule has 0 bridgehead atoms. The van der Waals surface area contributed by atoms with E-state index in [0.717, 1.165) is 0 Å². The van der Waals surface area contributed by atoms with E-state index in [1.807, 2.05) is 5.32 Å². The highest BCUT2D eigenvalue weighted by Crippen LogP contribution is 2.31. The third-order valence-electron chi connectivity index (χ3n) is 1.12. The van der Waals surface area contributed by atoms with Crippen LogP contribution in [0.15, 0.2) is 4.99 Å². The van der Waals surface area contributed by atoms with E-state index in [-0.39, 0.29) is 18.9 Å². The highest BCUT2D eigenvalue weighted by molar-refractivity contribution is 7.51. The van der Waals surface area contributed by atoms with Crippen LogP contribution in [0.3, 0.4) is 0 Å². The van der Waals surface area contributed by atoms with Gasteiger partial charge in [-0.25, -0.2) is 0 Å². The van der Waals surface area contributed by atoms with E-state index in [1.165, 1.54) is 0 Å². The van der Waals surface area contributed by atoms with Crippen LogP contribution in [0, 0.1) is 0 Å². The third kappa shape index (κ3) is 8.98. The zero-order valence-corrected chi connectivity index (χ0v) is 8.28. The number of aliphatic imine (C=N–C) groups is 1. The van der Waals surface area contributed by atoms with Crippen LogP contribution in [0.1, 0.15) is 6.42 Å². The number of rotatable bonds is 5. The zero-order valence-electron chi connectivity index (χ0n) is 7.38. The van der Waals surface area contributed by atoms with Crippen molar-refractivity contribution in [2.45, 2.75) is 6.42 Å². The van der Waals surface area contributed by atoms with E-state index < -0.39 is 19.8 Å². The summed E-state index contributed by atoms with van der Waals surface area (Å²) in [4.78, 5) is 31.2. The second-order valence-electron chi connectivity index (χ2n) is 2.48. The van der Waals surface area contributed by atoms with E-state index >= 15 is 0 Å². The van der Waals surface area contributed by atoms with Gasteiger partial charge in [-0.15, -0.1) is 0 Å². The molecular weight excluding hydrogens is 211 g/mol. The molecule has 0 aliphatic carbocycles. The van der Waals surface area contributed by atoms with Crippen molar-refractivity contribution in [3.8, 4) is 0 Å². The Morgan fingerprint density at radius 1 is 1.43 bits per heavy atom. The van der Waals surface area contributed by atoms with Crippen molar-refractivity contribution in [2.75, 3.05) is 12.8 Å². The minimum Gasteiger partial charge on any atom is -0.370 e. The molecule has 0 rings (SSSR count). The average Bonchev–Trinajstić information content (AvgIpc) is 1.99. The molecule has 8 nitrogen and oxygen atoms in total. The Morgan fingerprint density at radius 3 is 2.43 bits per heavy atom. The van der Waals surface area contributed by atoms with Crippen LogP contribution in [0.4, 0.5) is 0 Å². The molecule has 0 radical (unpaired) electrons. The molecule has 7 N–H and O–H groups in total. The number of amides is 1. The second kappa shape index (κ2) is 5.58. The molecule has 0 aromatic carbocycles. The summed E-state index contributed by atoms with van der Waals surface area (Å²) in [7, 11) is -4.19. The van der Waals surface area contributed by atoms with Crippen molar-refractivity contribution in [1.29, 1.82) is 0 Å². The minimum atomic E-state index is -4.19. The first-order chi connectivity index (χ1) is 6.31. The van der Waals surface area contributed by atoms with Gasteiger partial charge in [0.15, 0.2) is 5.96 Å². The molecule has 0 atom stereocenters. The third-order valence-corrected chi connectivity index (χ3v) is 1.69. The number of hydrogen-bond donors (Lipinski definition) is 5. The number of nitrogens with two attached hydrogens (primary N) is 2. The standard InChI is InChI=1S/C5H13N4O4P/c6-5(7)8-2-1-4(10)9-3-14(11,12)13/h1-3H2,(H,9,10)(H4,6,7,8)(H2,11,12,13). The van der Waals surface area contributed by atoms with Gasteiger partial charge in [0.25, 0.3) is 0 Å². The van der Waals surface area contributed by atoms with Crippen LogP contribution in [-0.2, 0) is 9.36 Å². The Bertz CT molecular complexity index is 269. The smallest absolute Gasteiger partial charge is 0.344 e. The monoisotopic (exact) mass is 224 g/mol. The summed E-state index contributed by atoms with van der Waals surface area (Å²) in [6.45, 7) is 0.0926. The Hall–Kier alpha value is -1.11. The maximum atomic E-state index is 10.9. The first-order valence-electron chi connectivity index (χ1n) is 3.68. The van der Waals surface area contributed by atoms with Crippen molar-refractivity contribution < 1.29 is 19.1 Å². The van der Waals surface area contributed by atoms with Crippen molar-refractivity contribution >= 4 is 19.5 Å². The van der Waals surface area contributed by atoms with Crippen molar-refractivity contribution in [2.24, 2.45) is 16.5 Å². The molecule has 0 spiro atoms. The van der Waals surface area contributed by atoms with Gasteiger partial charge in [0.05, 0.1) is 6.54 Å². The lowest BCUT2D eigenvalue weighted by atomic mass is 10.4. The number of guanidine groups is 1. The SMILES string of the molecule is NC(N)=NCCC(=O)NCP(=O)(O)O. The lowest BCUT2D eigenvalue weighted by Gasteiger charge is -2.05. The first-order valence-corrected chi connectivity index (χ1v) is 5.47. The Balaban J connectivity index is 3.68. The van der Waals surface area contributed by atoms with E-state index in [9.17, 15) is 9.36 Å². The summed E-state index contributed by atoms with van der Waals surface area (Å²) in [6, 6.07) is 0. The highest BCUT2D eigenvalue weighted by atomic mass is 31.2. The molecule has 0 aliphatic heterocycles. The molecule has 0 saturated carbocycles. The molecule has 1 amide bonds. The fourth-order valence-corrected chi connectivity index (χ4v) is 0.948. The lowest BCUT2D eigenvalue weighted by molar-refractivity contribution is -0.120. The van der Waals surface area contributed by atoms with Crippen molar-refractivity contribution in [3.05, 3.63) is 0 Å². The van der Waals surface area contributed by atoms with Gasteiger partial charge in [0.1, 0.15) is 6.29 Å². The van der Waals surface area contributed by atoms with Gasteiger partial charge in [-0.2, -0.15) is 0 Å².